The number of aryl methyl sites for hydroxylation is 1. The number of rotatable bonds is 5. The van der Waals surface area contributed by atoms with Crippen LogP contribution in [0.15, 0.2) is 18.2 Å². The van der Waals surface area contributed by atoms with E-state index in [-0.39, 0.29) is 29.6 Å². The van der Waals surface area contributed by atoms with Crippen LogP contribution in [0.5, 0.6) is 0 Å². The minimum absolute atomic E-state index is 0.177. The highest BCUT2D eigenvalue weighted by Gasteiger charge is 2.38. The largest absolute Gasteiger partial charge is 0.477 e. The highest BCUT2D eigenvalue weighted by Crippen LogP contribution is 2.35. The Labute approximate surface area is 154 Å². The van der Waals surface area contributed by atoms with E-state index >= 15 is 0 Å². The Balaban J connectivity index is 1.68. The van der Waals surface area contributed by atoms with Gasteiger partial charge >= 0.3 is 5.97 Å². The molecule has 0 unspecified atom stereocenters. The first-order chi connectivity index (χ1) is 12.2. The van der Waals surface area contributed by atoms with Crippen molar-refractivity contribution in [3.8, 4) is 0 Å². The van der Waals surface area contributed by atoms with Crippen LogP contribution in [0, 0.1) is 12.3 Å². The van der Waals surface area contributed by atoms with E-state index in [4.69, 9.17) is 10.5 Å². The molecular formula is C20H27N3O3. The molecule has 6 nitrogen and oxygen atoms in total. The van der Waals surface area contributed by atoms with Crippen LogP contribution in [-0.4, -0.2) is 52.3 Å². The normalized spacial score (nSPS) is 18.9. The third-order valence-corrected chi connectivity index (χ3v) is 5.66. The number of hydrogen-bond donors (Lipinski definition) is 2. The van der Waals surface area contributed by atoms with E-state index in [1.807, 2.05) is 25.7 Å². The number of hydrogen-bond acceptors (Lipinski definition) is 4. The van der Waals surface area contributed by atoms with E-state index in [9.17, 15) is 9.59 Å². The van der Waals surface area contributed by atoms with Crippen LogP contribution in [0.1, 0.15) is 44.2 Å². The van der Waals surface area contributed by atoms with Crippen LogP contribution in [0.4, 0.5) is 5.69 Å². The van der Waals surface area contributed by atoms with Crippen LogP contribution in [0.3, 0.4) is 0 Å². The number of benzene rings is 1. The smallest absolute Gasteiger partial charge is 0.349 e. The number of likely N-dealkylation sites (tertiary alicyclic amines) is 1. The first-order valence-electron chi connectivity index (χ1n) is 9.16. The molecule has 3 rings (SSSR count). The van der Waals surface area contributed by atoms with E-state index in [2.05, 4.69) is 23.1 Å². The summed E-state index contributed by atoms with van der Waals surface area (Å²) in [5.74, 6) is -0.974. The van der Waals surface area contributed by atoms with Crippen LogP contribution in [0.25, 0.3) is 0 Å². The standard InChI is InChI=1S/C20H27N3O3/c1-13-4-5-14-11-18(24)23(17(14)10-13)15-6-8-22(9-7-15)20(2,3)12-16(21)19(25)26/h4-5,10,15,21H,6-9,11-12H2,1-3H3,(H,25,26). The van der Waals surface area contributed by atoms with Crippen molar-refractivity contribution in [2.45, 2.75) is 58.0 Å². The van der Waals surface area contributed by atoms with Gasteiger partial charge in [0.05, 0.1) is 6.42 Å². The number of fused-ring (bicyclic) bond motifs is 1. The molecule has 0 aromatic heterocycles. The van der Waals surface area contributed by atoms with E-state index in [1.165, 1.54) is 0 Å². The highest BCUT2D eigenvalue weighted by molar-refractivity contribution is 6.34. The molecule has 0 aliphatic carbocycles. The van der Waals surface area contributed by atoms with Gasteiger partial charge in [0.15, 0.2) is 0 Å². The summed E-state index contributed by atoms with van der Waals surface area (Å²) in [6.45, 7) is 7.63. The SMILES string of the molecule is Cc1ccc2c(c1)N(C1CCN(C(C)(C)CC(=N)C(=O)O)CC1)C(=O)C2. The Bertz CT molecular complexity index is 749. The monoisotopic (exact) mass is 357 g/mol. The summed E-state index contributed by atoms with van der Waals surface area (Å²) in [7, 11) is 0. The highest BCUT2D eigenvalue weighted by atomic mass is 16.4. The first kappa shape index (κ1) is 18.6. The summed E-state index contributed by atoms with van der Waals surface area (Å²) in [6, 6.07) is 6.40. The molecule has 0 bridgehead atoms. The fourth-order valence-electron chi connectivity index (χ4n) is 4.18. The lowest BCUT2D eigenvalue weighted by Gasteiger charge is -2.44. The zero-order chi connectivity index (χ0) is 19.1. The Morgan fingerprint density at radius 2 is 1.96 bits per heavy atom. The molecule has 0 atom stereocenters. The van der Waals surface area contributed by atoms with E-state index in [0.717, 1.165) is 42.7 Å². The number of anilines is 1. The molecule has 1 aromatic carbocycles. The van der Waals surface area contributed by atoms with Gasteiger partial charge in [-0.05, 0) is 50.8 Å². The molecule has 1 aromatic rings. The van der Waals surface area contributed by atoms with Crippen molar-refractivity contribution in [3.63, 3.8) is 0 Å². The molecule has 2 aliphatic rings. The molecule has 140 valence electrons. The van der Waals surface area contributed by atoms with Crippen LogP contribution < -0.4 is 4.90 Å². The maximum absolute atomic E-state index is 12.6. The minimum atomic E-state index is -1.15. The lowest BCUT2D eigenvalue weighted by Crippen LogP contribution is -2.53. The van der Waals surface area contributed by atoms with E-state index in [0.29, 0.717) is 6.42 Å². The summed E-state index contributed by atoms with van der Waals surface area (Å²) >= 11 is 0. The Morgan fingerprint density at radius 3 is 2.58 bits per heavy atom. The van der Waals surface area contributed by atoms with Crippen molar-refractivity contribution >= 4 is 23.3 Å². The lowest BCUT2D eigenvalue weighted by atomic mass is 9.91. The van der Waals surface area contributed by atoms with Gasteiger partial charge < -0.3 is 10.0 Å². The Morgan fingerprint density at radius 1 is 1.31 bits per heavy atom. The number of carboxylic acids is 1. The van der Waals surface area contributed by atoms with E-state index in [1.54, 1.807) is 0 Å². The molecule has 0 saturated carbocycles. The molecule has 6 heteroatoms. The molecule has 0 radical (unpaired) electrons. The summed E-state index contributed by atoms with van der Waals surface area (Å²) in [4.78, 5) is 27.8. The van der Waals surface area contributed by atoms with Crippen molar-refractivity contribution in [2.24, 2.45) is 0 Å². The number of piperidine rings is 1. The second-order valence-electron chi connectivity index (χ2n) is 8.06. The average molecular weight is 357 g/mol. The Hall–Kier alpha value is -2.21. The fourth-order valence-corrected chi connectivity index (χ4v) is 4.18. The van der Waals surface area contributed by atoms with Crippen LogP contribution in [0.2, 0.25) is 0 Å². The first-order valence-corrected chi connectivity index (χ1v) is 9.16. The van der Waals surface area contributed by atoms with Crippen LogP contribution in [-0.2, 0) is 16.0 Å². The number of nitrogens with zero attached hydrogens (tertiary/aromatic N) is 2. The van der Waals surface area contributed by atoms with Crippen molar-refractivity contribution in [3.05, 3.63) is 29.3 Å². The molecule has 2 aliphatic heterocycles. The van der Waals surface area contributed by atoms with Crippen molar-refractivity contribution in [2.75, 3.05) is 18.0 Å². The second kappa shape index (κ2) is 6.83. The number of amides is 1. The molecule has 0 spiro atoms. The van der Waals surface area contributed by atoms with E-state index < -0.39 is 5.97 Å². The molecular weight excluding hydrogens is 330 g/mol. The second-order valence-corrected chi connectivity index (χ2v) is 8.06. The van der Waals surface area contributed by atoms with Crippen molar-refractivity contribution in [1.82, 2.24) is 4.90 Å². The maximum atomic E-state index is 12.6. The topological polar surface area (TPSA) is 84.7 Å². The van der Waals surface area contributed by atoms with Gasteiger partial charge in [-0.25, -0.2) is 4.79 Å². The summed E-state index contributed by atoms with van der Waals surface area (Å²) in [5.41, 5.74) is 2.70. The fraction of sp³-hybridized carbons (Fsp3) is 0.550. The Kier molecular flexibility index (Phi) is 4.88. The molecule has 1 amide bonds. The van der Waals surface area contributed by atoms with Gasteiger partial charge in [0, 0.05) is 36.8 Å². The van der Waals surface area contributed by atoms with Gasteiger partial charge in [-0.2, -0.15) is 0 Å². The number of carbonyl (C=O) groups excluding carboxylic acids is 1. The number of nitrogens with one attached hydrogen (secondary N) is 1. The van der Waals surface area contributed by atoms with Gasteiger partial charge in [-0.15, -0.1) is 0 Å². The molecule has 26 heavy (non-hydrogen) atoms. The zero-order valence-corrected chi connectivity index (χ0v) is 15.7. The third-order valence-electron chi connectivity index (χ3n) is 5.66. The number of carboxylic acid groups (broad SMARTS) is 1. The molecule has 1 saturated heterocycles. The minimum Gasteiger partial charge on any atom is -0.477 e. The summed E-state index contributed by atoms with van der Waals surface area (Å²) < 4.78 is 0. The van der Waals surface area contributed by atoms with Crippen molar-refractivity contribution in [1.29, 1.82) is 5.41 Å². The zero-order valence-electron chi connectivity index (χ0n) is 15.7. The maximum Gasteiger partial charge on any atom is 0.349 e. The van der Waals surface area contributed by atoms with Crippen LogP contribution >= 0.6 is 0 Å². The van der Waals surface area contributed by atoms with Gasteiger partial charge in [0.1, 0.15) is 5.71 Å². The molecule has 2 N–H and O–H groups in total. The summed E-state index contributed by atoms with van der Waals surface area (Å²) in [5, 5.41) is 16.6. The lowest BCUT2D eigenvalue weighted by molar-refractivity contribution is -0.129. The van der Waals surface area contributed by atoms with Gasteiger partial charge in [0.2, 0.25) is 5.91 Å². The number of aliphatic carboxylic acids is 1. The molecule has 2 heterocycles. The quantitative estimate of drug-likeness (QED) is 0.794. The van der Waals surface area contributed by atoms with Gasteiger partial charge in [0.25, 0.3) is 0 Å². The summed E-state index contributed by atoms with van der Waals surface area (Å²) in [6.07, 6.45) is 2.43. The predicted octanol–water partition coefficient (Wildman–Crippen LogP) is 2.62. The van der Waals surface area contributed by atoms with Gasteiger partial charge in [-0.1, -0.05) is 12.1 Å². The average Bonchev–Trinajstić information content (AvgIpc) is 2.89. The third kappa shape index (κ3) is 3.51. The van der Waals surface area contributed by atoms with Gasteiger partial charge in [-0.3, -0.25) is 15.1 Å². The van der Waals surface area contributed by atoms with Crippen molar-refractivity contribution < 1.29 is 14.7 Å². The number of carbonyl (C=O) groups is 2. The predicted molar refractivity (Wildman–Crippen MR) is 101 cm³/mol. The molecule has 1 fully saturated rings.